The first-order chi connectivity index (χ1) is 38.0. The van der Waals surface area contributed by atoms with Gasteiger partial charge >= 0.3 is 31.7 Å². The van der Waals surface area contributed by atoms with Crippen LogP contribution >= 0.6 is 0 Å². The molecule has 0 spiro atoms. The smallest absolute Gasteiger partial charge is 0.549 e. The molecule has 30 heteroatoms. The van der Waals surface area contributed by atoms with E-state index in [0.717, 1.165) is 0 Å². The summed E-state index contributed by atoms with van der Waals surface area (Å²) in [5, 5.41) is 82.8. The molecule has 9 N–H and O–H groups in total. The number of carboxylic acid groups (broad SMARTS) is 5. The van der Waals surface area contributed by atoms with E-state index in [1.165, 1.54) is 34.1 Å². The predicted octanol–water partition coefficient (Wildman–Crippen LogP) is -8.07. The van der Waals surface area contributed by atoms with Gasteiger partial charge in [-0.1, -0.05) is 30.3 Å². The summed E-state index contributed by atoms with van der Waals surface area (Å²) in [5.41, 5.74) is 0.971. The second kappa shape index (κ2) is 37.2. The van der Waals surface area contributed by atoms with Crippen molar-refractivity contribution in [3.63, 3.8) is 0 Å². The maximum Gasteiger partial charge on any atom is 3.00 e. The Labute approximate surface area is 479 Å². The van der Waals surface area contributed by atoms with Crippen LogP contribution in [0.4, 0.5) is 0 Å². The SMILES string of the molecule is C[C@H](NC(=O)[C@H](CC(=O)O)CC(=O)CCCNC(=O)CN1CCN(CC(=O)[O-])CCN(CC(=O)[O-])CCN(CC(=O)[O-])CC1)C(=O)C[C@@H](Cc1cnc[nH]1)C(=O)N[C@@H](CO)C(=O)C[C@@H](Cc1ccccc1)C(=O)N[C@@H](CO)C(=O)O.[Ga+3]. The number of carboxylic acids is 5. The molecule has 4 amide bonds. The van der Waals surface area contributed by atoms with Crippen LogP contribution in [-0.4, -0.2) is 257 Å². The molecule has 1 saturated heterocycles. The van der Waals surface area contributed by atoms with Crippen LogP contribution in [0.15, 0.2) is 42.9 Å². The van der Waals surface area contributed by atoms with E-state index in [1.54, 1.807) is 35.2 Å². The van der Waals surface area contributed by atoms with Gasteiger partial charge in [-0.2, -0.15) is 0 Å². The first-order valence-corrected chi connectivity index (χ1v) is 25.9. The van der Waals surface area contributed by atoms with Crippen molar-refractivity contribution in [2.24, 2.45) is 17.8 Å². The molecule has 1 aromatic heterocycles. The summed E-state index contributed by atoms with van der Waals surface area (Å²) < 4.78 is 0. The Hall–Kier alpha value is -6.93. The topological polar surface area (TPSA) is 445 Å². The molecule has 29 nitrogen and oxygen atoms in total. The minimum absolute atomic E-state index is 0. The van der Waals surface area contributed by atoms with Gasteiger partial charge in [0.1, 0.15) is 17.9 Å². The number of aliphatic hydroxyl groups excluding tert-OH is 2. The number of rotatable bonds is 35. The fourth-order valence-corrected chi connectivity index (χ4v) is 8.66. The van der Waals surface area contributed by atoms with Crippen molar-refractivity contribution in [1.82, 2.24) is 50.8 Å². The summed E-state index contributed by atoms with van der Waals surface area (Å²) in [6.45, 7) is -1.37. The van der Waals surface area contributed by atoms with Crippen molar-refractivity contribution in [3.8, 4) is 0 Å². The van der Waals surface area contributed by atoms with E-state index in [2.05, 4.69) is 31.2 Å². The summed E-state index contributed by atoms with van der Waals surface area (Å²) in [7, 11) is 0. The van der Waals surface area contributed by atoms with Crippen molar-refractivity contribution >= 4 is 90.6 Å². The summed E-state index contributed by atoms with van der Waals surface area (Å²) >= 11 is 0. The number of imidazole rings is 1. The Kier molecular flexibility index (Phi) is 32.2. The Balaban J connectivity index is 0.0000224. The number of carbonyl (C=O) groups is 12. The van der Waals surface area contributed by atoms with Crippen LogP contribution < -0.4 is 36.6 Å². The molecule has 3 rings (SSSR count). The van der Waals surface area contributed by atoms with Crippen LogP contribution in [0.1, 0.15) is 56.7 Å². The maximum atomic E-state index is 13.9. The maximum absolute atomic E-state index is 13.9. The summed E-state index contributed by atoms with van der Waals surface area (Å²) in [4.78, 5) is 165. The van der Waals surface area contributed by atoms with Gasteiger partial charge in [-0.15, -0.1) is 0 Å². The van der Waals surface area contributed by atoms with Crippen LogP contribution in [0.25, 0.3) is 0 Å². The van der Waals surface area contributed by atoms with Crippen LogP contribution in [-0.2, 0) is 70.4 Å². The fourth-order valence-electron chi connectivity index (χ4n) is 8.66. The monoisotopic (exact) mass is 1200 g/mol. The minimum atomic E-state index is -1.68. The van der Waals surface area contributed by atoms with Gasteiger partial charge in [0.2, 0.25) is 23.6 Å². The van der Waals surface area contributed by atoms with Gasteiger partial charge in [0.25, 0.3) is 0 Å². The largest absolute Gasteiger partial charge is 3.00 e. The zero-order valence-corrected chi connectivity index (χ0v) is 47.4. The van der Waals surface area contributed by atoms with Crippen molar-refractivity contribution in [2.45, 2.75) is 76.4 Å². The predicted molar refractivity (Wildman–Crippen MR) is 276 cm³/mol. The van der Waals surface area contributed by atoms with Gasteiger partial charge in [-0.05, 0) is 25.3 Å². The normalized spacial score (nSPS) is 16.2. The fraction of sp³-hybridized carbons (Fsp3) is 0.588. The number of aromatic amines is 1. The van der Waals surface area contributed by atoms with E-state index in [4.69, 9.17) is 0 Å². The van der Waals surface area contributed by atoms with Gasteiger partial charge < -0.3 is 76.4 Å². The Bertz CT molecular complexity index is 2390. The molecule has 1 fully saturated rings. The van der Waals surface area contributed by atoms with E-state index < -0.39 is 165 Å². The molecule has 442 valence electrons. The first-order valence-electron chi connectivity index (χ1n) is 25.9. The zero-order valence-electron chi connectivity index (χ0n) is 45.0. The molecule has 0 aliphatic carbocycles. The number of nitrogens with one attached hydrogen (secondary N) is 5. The molecule has 0 radical (unpaired) electrons. The summed E-state index contributed by atoms with van der Waals surface area (Å²) in [6.07, 6.45) is -0.227. The Morgan fingerprint density at radius 2 is 1.07 bits per heavy atom. The molecule has 1 aliphatic rings. The average molecular weight is 1200 g/mol. The molecule has 2 heterocycles. The number of aromatic nitrogens is 2. The summed E-state index contributed by atoms with van der Waals surface area (Å²) in [6, 6.07) is 3.74. The Morgan fingerprint density at radius 3 is 1.53 bits per heavy atom. The number of aliphatic hydroxyl groups is 2. The number of H-pyrrole nitrogens is 1. The average Bonchev–Trinajstić information content (AvgIpc) is 3.91. The first kappa shape index (κ1) is 70.2. The molecule has 2 aromatic rings. The second-order valence-corrected chi connectivity index (χ2v) is 19.5. The van der Waals surface area contributed by atoms with Crippen molar-refractivity contribution in [1.29, 1.82) is 0 Å². The zero-order chi connectivity index (χ0) is 59.3. The van der Waals surface area contributed by atoms with Gasteiger partial charge in [-0.3, -0.25) is 58.0 Å². The molecular weight excluding hydrogens is 1130 g/mol. The number of benzene rings is 1. The van der Waals surface area contributed by atoms with E-state index in [9.17, 15) is 93.3 Å². The van der Waals surface area contributed by atoms with Gasteiger partial charge in [0.15, 0.2) is 11.6 Å². The minimum Gasteiger partial charge on any atom is -0.549 e. The summed E-state index contributed by atoms with van der Waals surface area (Å²) in [5.74, 6) is -16.4. The molecule has 6 atom stereocenters. The number of amides is 4. The Morgan fingerprint density at radius 1 is 0.605 bits per heavy atom. The van der Waals surface area contributed by atoms with Crippen LogP contribution in [0.5, 0.6) is 0 Å². The van der Waals surface area contributed by atoms with Gasteiger partial charge in [-0.25, -0.2) is 9.78 Å². The number of aliphatic carboxylic acids is 5. The van der Waals surface area contributed by atoms with Crippen LogP contribution in [0.2, 0.25) is 0 Å². The molecule has 1 aliphatic heterocycles. The molecule has 0 unspecified atom stereocenters. The number of hydrogen-bond donors (Lipinski definition) is 9. The number of nitrogens with zero attached hydrogens (tertiary/aromatic N) is 5. The molecule has 1 aromatic carbocycles. The molecular formula is C51H71GaN10O19. The molecule has 0 saturated carbocycles. The van der Waals surface area contributed by atoms with Crippen molar-refractivity contribution in [2.75, 3.05) is 98.3 Å². The number of hydrogen-bond acceptors (Lipinski definition) is 22. The van der Waals surface area contributed by atoms with E-state index >= 15 is 0 Å². The number of ketones is 3. The van der Waals surface area contributed by atoms with Crippen molar-refractivity contribution < 1.29 is 93.3 Å². The quantitative estimate of drug-likeness (QED) is 0.0229. The number of Topliss-reactive ketones (excluding diaryl/α,β-unsaturated/α-hetero) is 3. The van der Waals surface area contributed by atoms with Gasteiger partial charge in [0, 0.05) is 128 Å². The molecule has 81 heavy (non-hydrogen) atoms. The van der Waals surface area contributed by atoms with Crippen LogP contribution in [0, 0.1) is 17.8 Å². The second-order valence-electron chi connectivity index (χ2n) is 19.5. The molecule has 0 bridgehead atoms. The third-order valence-corrected chi connectivity index (χ3v) is 13.1. The van der Waals surface area contributed by atoms with E-state index in [1.807, 2.05) is 0 Å². The third-order valence-electron chi connectivity index (χ3n) is 13.1. The van der Waals surface area contributed by atoms with E-state index in [0.29, 0.717) is 11.3 Å². The van der Waals surface area contributed by atoms with Gasteiger partial charge in [0.05, 0.1) is 68.3 Å². The third kappa shape index (κ3) is 27.9. The van der Waals surface area contributed by atoms with Crippen molar-refractivity contribution in [3.05, 3.63) is 54.1 Å². The van der Waals surface area contributed by atoms with E-state index in [-0.39, 0.29) is 111 Å². The van der Waals surface area contributed by atoms with Crippen LogP contribution in [0.3, 0.4) is 0 Å². The number of carbonyl (C=O) groups excluding carboxylic acids is 10. The standard InChI is InChI=1S/C51H74N10O19.Ga/c1-32(41(65)21-35(19-37-24-52-31-54-37)50(78)56-39(29-62)42(66)22-34(18-33-6-3-2-4-7-33)49(77)57-40(30-63)51(79)80)55-48(76)36(23-44(68)69)20-38(64)8-5-9-53-43(67)25-58-10-12-59(26-45(70)71)14-16-61(28-47(74)75)17-15-60(13-11-58)27-46(72)73;/h2-4,6-7,24,31-32,34-36,39-40,62-63H,5,8-23,25-30H2,1H3,(H,52,54)(H,53,67)(H,55,76)(H,56,78)(H,57,77)(H,68,69)(H,70,71)(H,72,73)(H,74,75)(H,79,80);/q;+3/p-3/t32-,34+,35+,36-,39-,40-;/m0./s1.